The maximum absolute atomic E-state index is 13.4. The average molecular weight is 1630 g/mol. The van der Waals surface area contributed by atoms with E-state index in [0.717, 1.165) is 57.2 Å². The minimum Gasteiger partial charge on any atom is -0.497 e. The fourth-order valence-electron chi connectivity index (χ4n) is 10.2. The number of ether oxygens (including phenoxy) is 7. The second-order valence-electron chi connectivity index (χ2n) is 27.8. The molecule has 0 saturated carbocycles. The Balaban J connectivity index is 0.000000211. The van der Waals surface area contributed by atoms with Crippen molar-refractivity contribution < 1.29 is 86.0 Å². The lowest BCUT2D eigenvalue weighted by atomic mass is 10.1. The number of aromatic nitrogens is 1. The second-order valence-corrected chi connectivity index (χ2v) is 35.6. The van der Waals surface area contributed by atoms with E-state index < -0.39 is 85.4 Å². The molecule has 1 aromatic heterocycles. The third-order valence-electron chi connectivity index (χ3n) is 15.3. The number of hydrogen-bond acceptors (Lipinski definition) is 21. The second kappa shape index (κ2) is 36.4. The van der Waals surface area contributed by atoms with E-state index in [1.165, 1.54) is 60.9 Å². The van der Waals surface area contributed by atoms with Crippen molar-refractivity contribution in [3.8, 4) is 102 Å². The molecule has 10 aromatic rings. The molecular formula is C80H88N8O19S5. The van der Waals surface area contributed by atoms with Crippen LogP contribution in [0.4, 0.5) is 14.4 Å². The fourth-order valence-corrected chi connectivity index (χ4v) is 14.8. The van der Waals surface area contributed by atoms with E-state index in [-0.39, 0.29) is 37.5 Å². The van der Waals surface area contributed by atoms with Crippen LogP contribution in [-0.2, 0) is 39.9 Å². The zero-order chi connectivity index (χ0) is 82.2. The van der Waals surface area contributed by atoms with Gasteiger partial charge >= 0.3 is 18.1 Å². The topological polar surface area (TPSA) is 367 Å². The Morgan fingerprint density at radius 2 is 0.723 bits per heavy atom. The van der Waals surface area contributed by atoms with Crippen LogP contribution >= 0.6 is 11.3 Å². The highest BCUT2D eigenvalue weighted by molar-refractivity contribution is 7.91. The van der Waals surface area contributed by atoms with E-state index >= 15 is 0 Å². The van der Waals surface area contributed by atoms with Gasteiger partial charge in [0.15, 0.2) is 9.84 Å². The number of carbonyl (C=O) groups excluding carboxylic acids is 4. The lowest BCUT2D eigenvalue weighted by Gasteiger charge is -2.21. The fraction of sp³-hybridized carbons (Fsp3) is 0.237. The lowest BCUT2D eigenvalue weighted by molar-refractivity contribution is 0.0955. The summed E-state index contributed by atoms with van der Waals surface area (Å²) >= 11 is 1.28. The van der Waals surface area contributed by atoms with Gasteiger partial charge < -0.3 is 54.4 Å². The molecule has 7 N–H and O–H groups in total. The molecule has 0 aliphatic heterocycles. The van der Waals surface area contributed by atoms with Gasteiger partial charge in [0.1, 0.15) is 66.4 Å². The maximum Gasteiger partial charge on any atom is 0.329 e. The van der Waals surface area contributed by atoms with Crippen LogP contribution in [0.2, 0.25) is 0 Å². The first kappa shape index (κ1) is 85.9. The molecule has 0 radical (unpaired) electrons. The minimum absolute atomic E-state index is 0.0453. The van der Waals surface area contributed by atoms with Crippen molar-refractivity contribution >= 4 is 75.2 Å². The third kappa shape index (κ3) is 24.9. The Labute approximate surface area is 656 Å². The summed E-state index contributed by atoms with van der Waals surface area (Å²) in [5.41, 5.74) is 4.38. The number of methoxy groups -OCH3 is 4. The summed E-state index contributed by atoms with van der Waals surface area (Å²) < 4.78 is 148. The van der Waals surface area contributed by atoms with Gasteiger partial charge in [-0.05, 0) is 230 Å². The van der Waals surface area contributed by atoms with Crippen molar-refractivity contribution in [1.29, 1.82) is 0 Å². The van der Waals surface area contributed by atoms with Crippen LogP contribution in [0.25, 0.3) is 44.6 Å². The monoisotopic (exact) mass is 1620 g/mol. The van der Waals surface area contributed by atoms with Crippen LogP contribution in [0.1, 0.15) is 79.6 Å². The summed E-state index contributed by atoms with van der Waals surface area (Å²) in [6, 6.07) is 53.1. The quantitative estimate of drug-likeness (QED) is 0.0313. The largest absolute Gasteiger partial charge is 0.497 e. The molecule has 7 amide bonds. The molecule has 0 unspecified atom stereocenters. The normalized spacial score (nSPS) is 11.6. The Kier molecular flexibility index (Phi) is 27.9. The average Bonchev–Trinajstić information content (AvgIpc) is 0.953. The SMILES string of the molecule is CCNC(=O)c1ccc(Oc2cccc(-c3ccc(OC)cc3)c2)c(S(=O)(=O)NC(=O)NC(C)(C)C)c1.COc1ccc(-c2cccc(Oc3ccc(-c4csc(OC)n4)cc3S(=O)(=O)NC(=O)NC(C)(C)C)c2)cc1.COc1ccc(-c2cccc(Oc3ccc(S(C)(=O)=O)cc3S(=O)(=O)NC(=O)NC(C)(C)C)c2)cc1. The van der Waals surface area contributed by atoms with Crippen LogP contribution in [0.3, 0.4) is 0 Å². The van der Waals surface area contributed by atoms with Crippen molar-refractivity contribution in [2.75, 3.05) is 41.2 Å². The van der Waals surface area contributed by atoms with E-state index in [1.807, 2.05) is 107 Å². The number of sulfonamides is 3. The number of benzene rings is 9. The summed E-state index contributed by atoms with van der Waals surface area (Å²) in [6.45, 7) is 17.6. The van der Waals surface area contributed by atoms with Gasteiger partial charge in [-0.1, -0.05) is 84.1 Å². The highest BCUT2D eigenvalue weighted by Crippen LogP contribution is 2.39. The van der Waals surface area contributed by atoms with Crippen LogP contribution < -0.4 is 68.6 Å². The maximum atomic E-state index is 13.4. The molecular weight excluding hydrogens is 1540 g/mol. The molecule has 0 fully saturated rings. The van der Waals surface area contributed by atoms with Crippen LogP contribution in [0.15, 0.2) is 225 Å². The van der Waals surface area contributed by atoms with Gasteiger partial charge in [0.25, 0.3) is 41.2 Å². The summed E-state index contributed by atoms with van der Waals surface area (Å²) in [6.07, 6.45) is 0.956. The van der Waals surface area contributed by atoms with E-state index in [9.17, 15) is 52.8 Å². The number of thiazole rings is 1. The van der Waals surface area contributed by atoms with E-state index in [2.05, 4.69) is 31.0 Å². The van der Waals surface area contributed by atoms with Crippen LogP contribution in [-0.4, -0.2) is 121 Å². The number of sulfone groups is 1. The third-order valence-corrected chi connectivity index (χ3v) is 21.2. The molecule has 0 aliphatic rings. The van der Waals surface area contributed by atoms with Gasteiger partial charge in [0.05, 0.1) is 39.0 Å². The predicted octanol–water partition coefficient (Wildman–Crippen LogP) is 15.1. The molecule has 10 rings (SSSR count). The number of hydrogen-bond donors (Lipinski definition) is 7. The van der Waals surface area contributed by atoms with E-state index in [0.29, 0.717) is 46.0 Å². The van der Waals surface area contributed by atoms with Crippen molar-refractivity contribution in [1.82, 2.24) is 40.4 Å². The number of urea groups is 3. The summed E-state index contributed by atoms with van der Waals surface area (Å²) in [4.78, 5) is 52.6. The molecule has 9 aromatic carbocycles. The molecule has 0 saturated heterocycles. The van der Waals surface area contributed by atoms with Crippen LogP contribution in [0, 0.1) is 0 Å². The standard InChI is InChI=1S/C28H29N3O6S2.C27H31N3O6S.C25H28N2O7S2/c1-28(2,3)30-26(32)31-39(33,34)25-16-20(23-17-38-27(29-23)36-5)11-14-24(25)37-22-8-6-7-19(15-22)18-9-12-21(35-4)13-10-18;1-6-28-25(31)20-12-15-23(24(17-20)37(33,34)30-26(32)29-27(2,3)4)36-22-9-7-8-19(16-22)18-10-13-21(35-5)14-11-18;1-25(2,3)26-24(28)27-36(31,32)23-16-21(35(5,29)30)13-14-22(23)34-20-8-6-7-18(15-20)17-9-11-19(33-4)12-10-17/h6-17H,1-5H3,(H2,30,31,32);7-17H,6H2,1-5H3,(H,28,31)(H2,29,30,32);6-16H,1-5H3,(H2,26,27,28). The van der Waals surface area contributed by atoms with Crippen molar-refractivity contribution in [2.45, 2.75) is 105 Å². The zero-order valence-electron chi connectivity index (χ0n) is 64.1. The molecule has 0 spiro atoms. The Morgan fingerprint density at radius 1 is 0.384 bits per heavy atom. The predicted molar refractivity (Wildman–Crippen MR) is 429 cm³/mol. The number of carbonyl (C=O) groups is 4. The molecule has 32 heteroatoms. The number of nitrogens with zero attached hydrogens (tertiary/aromatic N) is 1. The number of amides is 7. The van der Waals surface area contributed by atoms with E-state index in [4.69, 9.17) is 33.2 Å². The molecule has 0 bridgehead atoms. The van der Waals surface area contributed by atoms with E-state index in [1.54, 1.807) is 151 Å². The van der Waals surface area contributed by atoms with Gasteiger partial charge in [-0.3, -0.25) is 4.79 Å². The number of rotatable bonds is 23. The summed E-state index contributed by atoms with van der Waals surface area (Å²) in [5.74, 6) is 2.66. The first-order valence-electron chi connectivity index (χ1n) is 34.3. The molecule has 0 aliphatic carbocycles. The highest BCUT2D eigenvalue weighted by atomic mass is 32.2. The van der Waals surface area contributed by atoms with Gasteiger partial charge in [-0.15, -0.1) is 0 Å². The molecule has 112 heavy (non-hydrogen) atoms. The van der Waals surface area contributed by atoms with Gasteiger partial charge in [0.2, 0.25) is 0 Å². The van der Waals surface area contributed by atoms with Gasteiger partial charge in [0, 0.05) is 45.9 Å². The van der Waals surface area contributed by atoms with Crippen molar-refractivity contribution in [2.24, 2.45) is 0 Å². The van der Waals surface area contributed by atoms with Gasteiger partial charge in [-0.2, -0.15) is 0 Å². The van der Waals surface area contributed by atoms with Gasteiger partial charge in [-0.25, -0.2) is 67.2 Å². The smallest absolute Gasteiger partial charge is 0.329 e. The molecule has 0 atom stereocenters. The molecule has 27 nitrogen and oxygen atoms in total. The van der Waals surface area contributed by atoms with Crippen molar-refractivity contribution in [3.05, 3.63) is 211 Å². The Morgan fingerprint density at radius 3 is 1.05 bits per heavy atom. The number of nitrogens with one attached hydrogen (secondary N) is 7. The first-order chi connectivity index (χ1) is 52.6. The Hall–Kier alpha value is -11.7. The minimum atomic E-state index is -4.50. The van der Waals surface area contributed by atoms with Crippen LogP contribution in [0.5, 0.6) is 56.9 Å². The van der Waals surface area contributed by atoms with Crippen molar-refractivity contribution in [3.63, 3.8) is 0 Å². The first-order valence-corrected chi connectivity index (χ1v) is 41.5. The highest BCUT2D eigenvalue weighted by Gasteiger charge is 2.31. The summed E-state index contributed by atoms with van der Waals surface area (Å²) in [5, 5.41) is 12.5. The lowest BCUT2D eigenvalue weighted by Crippen LogP contribution is -2.48. The zero-order valence-corrected chi connectivity index (χ0v) is 68.2. The molecule has 1 heterocycles. The molecule has 592 valence electrons. The Bertz CT molecular complexity index is 5510. The summed E-state index contributed by atoms with van der Waals surface area (Å²) in [7, 11) is -10.7.